The maximum Gasteiger partial charge on any atom is 0.254 e. The molecule has 1 aromatic carbocycles. The zero-order chi connectivity index (χ0) is 13.1. The molecular formula is C14H20N2O2. The first-order valence-corrected chi connectivity index (χ1v) is 6.43. The van der Waals surface area contributed by atoms with E-state index >= 15 is 0 Å². The van der Waals surface area contributed by atoms with Crippen molar-refractivity contribution in [1.29, 1.82) is 0 Å². The smallest absolute Gasteiger partial charge is 0.254 e. The Morgan fingerprint density at radius 3 is 2.50 bits per heavy atom. The van der Waals surface area contributed by atoms with Gasteiger partial charge in [0, 0.05) is 31.7 Å². The van der Waals surface area contributed by atoms with Crippen LogP contribution in [-0.2, 0) is 0 Å². The molecule has 18 heavy (non-hydrogen) atoms. The first kappa shape index (κ1) is 12.9. The number of aromatic hydroxyl groups is 1. The van der Waals surface area contributed by atoms with Gasteiger partial charge in [-0.2, -0.15) is 0 Å². The molecule has 4 nitrogen and oxygen atoms in total. The minimum Gasteiger partial charge on any atom is -0.508 e. The second kappa shape index (κ2) is 5.40. The summed E-state index contributed by atoms with van der Waals surface area (Å²) >= 11 is 0. The van der Waals surface area contributed by atoms with Crippen molar-refractivity contribution in [2.75, 3.05) is 32.7 Å². The minimum atomic E-state index is 0.0725. The topological polar surface area (TPSA) is 43.8 Å². The van der Waals surface area contributed by atoms with Gasteiger partial charge in [0.2, 0.25) is 0 Å². The van der Waals surface area contributed by atoms with Crippen molar-refractivity contribution < 1.29 is 9.90 Å². The van der Waals surface area contributed by atoms with E-state index in [4.69, 9.17) is 0 Å². The van der Waals surface area contributed by atoms with Crippen LogP contribution in [-0.4, -0.2) is 53.5 Å². The average Bonchev–Trinajstić information content (AvgIpc) is 2.38. The molecule has 0 radical (unpaired) electrons. The van der Waals surface area contributed by atoms with Crippen LogP contribution in [0.3, 0.4) is 0 Å². The third-order valence-corrected chi connectivity index (χ3v) is 3.55. The van der Waals surface area contributed by atoms with E-state index in [-0.39, 0.29) is 11.7 Å². The molecule has 2 rings (SSSR count). The molecule has 1 fully saturated rings. The molecule has 0 bridgehead atoms. The molecule has 0 spiro atoms. The first-order valence-electron chi connectivity index (χ1n) is 6.43. The quantitative estimate of drug-likeness (QED) is 0.862. The Morgan fingerprint density at radius 2 is 1.94 bits per heavy atom. The number of hydrogen-bond acceptors (Lipinski definition) is 3. The van der Waals surface area contributed by atoms with Crippen LogP contribution < -0.4 is 0 Å². The van der Waals surface area contributed by atoms with Gasteiger partial charge in [0.05, 0.1) is 0 Å². The van der Waals surface area contributed by atoms with Crippen molar-refractivity contribution in [3.8, 4) is 5.75 Å². The summed E-state index contributed by atoms with van der Waals surface area (Å²) in [5.41, 5.74) is 1.52. The number of carbonyl (C=O) groups is 1. The zero-order valence-electron chi connectivity index (χ0n) is 11.0. The van der Waals surface area contributed by atoms with Crippen LogP contribution in [0.2, 0.25) is 0 Å². The van der Waals surface area contributed by atoms with E-state index in [0.29, 0.717) is 5.56 Å². The summed E-state index contributed by atoms with van der Waals surface area (Å²) in [5, 5.41) is 9.36. The summed E-state index contributed by atoms with van der Waals surface area (Å²) in [6.45, 7) is 8.50. The van der Waals surface area contributed by atoms with Crippen molar-refractivity contribution in [3.63, 3.8) is 0 Å². The number of nitrogens with zero attached hydrogens (tertiary/aromatic N) is 2. The summed E-state index contributed by atoms with van der Waals surface area (Å²) in [5.74, 6) is 0.281. The van der Waals surface area contributed by atoms with E-state index in [1.807, 2.05) is 11.8 Å². The summed E-state index contributed by atoms with van der Waals surface area (Å²) in [4.78, 5) is 16.6. The van der Waals surface area contributed by atoms with Gasteiger partial charge < -0.3 is 14.9 Å². The highest BCUT2D eigenvalue weighted by Crippen LogP contribution is 2.18. The lowest BCUT2D eigenvalue weighted by Gasteiger charge is -2.34. The lowest BCUT2D eigenvalue weighted by Crippen LogP contribution is -2.48. The van der Waals surface area contributed by atoms with Crippen molar-refractivity contribution in [2.24, 2.45) is 0 Å². The molecule has 0 atom stereocenters. The van der Waals surface area contributed by atoms with Gasteiger partial charge >= 0.3 is 0 Å². The molecule has 1 amide bonds. The number of amides is 1. The lowest BCUT2D eigenvalue weighted by molar-refractivity contribution is 0.0642. The van der Waals surface area contributed by atoms with Crippen molar-refractivity contribution in [2.45, 2.75) is 13.8 Å². The maximum atomic E-state index is 12.4. The molecule has 4 heteroatoms. The Bertz CT molecular complexity index is 437. The lowest BCUT2D eigenvalue weighted by atomic mass is 10.1. The number of piperazine rings is 1. The third-order valence-electron chi connectivity index (χ3n) is 3.55. The highest BCUT2D eigenvalue weighted by atomic mass is 16.3. The summed E-state index contributed by atoms with van der Waals surface area (Å²) < 4.78 is 0. The molecule has 98 valence electrons. The van der Waals surface area contributed by atoms with E-state index in [2.05, 4.69) is 11.8 Å². The second-order valence-corrected chi connectivity index (χ2v) is 4.73. The SMILES string of the molecule is CCN1CCN(C(=O)c2ccc(O)cc2C)CC1. The predicted octanol–water partition coefficient (Wildman–Crippen LogP) is 1.48. The van der Waals surface area contributed by atoms with Gasteiger partial charge in [-0.1, -0.05) is 6.92 Å². The van der Waals surface area contributed by atoms with Gasteiger partial charge in [0.15, 0.2) is 0 Å². The largest absolute Gasteiger partial charge is 0.508 e. The van der Waals surface area contributed by atoms with Gasteiger partial charge in [-0.25, -0.2) is 0 Å². The highest BCUT2D eigenvalue weighted by molar-refractivity contribution is 5.95. The Labute approximate surface area is 108 Å². The second-order valence-electron chi connectivity index (χ2n) is 4.73. The van der Waals surface area contributed by atoms with E-state index < -0.39 is 0 Å². The fourth-order valence-electron chi connectivity index (χ4n) is 2.33. The monoisotopic (exact) mass is 248 g/mol. The van der Waals surface area contributed by atoms with Gasteiger partial charge in [-0.05, 0) is 37.2 Å². The number of phenolic OH excluding ortho intramolecular Hbond substituents is 1. The van der Waals surface area contributed by atoms with Crippen LogP contribution in [0.5, 0.6) is 5.75 Å². The predicted molar refractivity (Wildman–Crippen MR) is 70.9 cm³/mol. The summed E-state index contributed by atoms with van der Waals surface area (Å²) in [6, 6.07) is 4.91. The number of benzene rings is 1. The molecule has 0 saturated carbocycles. The zero-order valence-corrected chi connectivity index (χ0v) is 11.0. The number of hydrogen-bond donors (Lipinski definition) is 1. The molecule has 1 N–H and O–H groups in total. The van der Waals surface area contributed by atoms with Crippen molar-refractivity contribution >= 4 is 5.91 Å². The summed E-state index contributed by atoms with van der Waals surface area (Å²) in [7, 11) is 0. The number of carbonyl (C=O) groups excluding carboxylic acids is 1. The van der Waals surface area contributed by atoms with Crippen LogP contribution in [0.4, 0.5) is 0 Å². The van der Waals surface area contributed by atoms with Gasteiger partial charge in [0.1, 0.15) is 5.75 Å². The molecule has 0 unspecified atom stereocenters. The Hall–Kier alpha value is -1.55. The van der Waals surface area contributed by atoms with Gasteiger partial charge in [-0.3, -0.25) is 4.79 Å². The fourth-order valence-corrected chi connectivity index (χ4v) is 2.33. The average molecular weight is 248 g/mol. The van der Waals surface area contributed by atoms with Crippen molar-refractivity contribution in [1.82, 2.24) is 9.80 Å². The molecule has 1 aliphatic heterocycles. The van der Waals surface area contributed by atoms with E-state index in [1.54, 1.807) is 18.2 Å². The van der Waals surface area contributed by atoms with Crippen LogP contribution in [0, 0.1) is 6.92 Å². The summed E-state index contributed by atoms with van der Waals surface area (Å²) in [6.07, 6.45) is 0. The van der Waals surface area contributed by atoms with Crippen LogP contribution >= 0.6 is 0 Å². The number of rotatable bonds is 2. The molecule has 1 aromatic rings. The molecular weight excluding hydrogens is 228 g/mol. The molecule has 1 saturated heterocycles. The maximum absolute atomic E-state index is 12.4. The number of likely N-dealkylation sites (N-methyl/N-ethyl adjacent to an activating group) is 1. The number of aryl methyl sites for hydroxylation is 1. The van der Waals surface area contributed by atoms with Crippen LogP contribution in [0.25, 0.3) is 0 Å². The molecule has 1 aliphatic rings. The first-order chi connectivity index (χ1) is 8.61. The van der Waals surface area contributed by atoms with E-state index in [9.17, 15) is 9.90 Å². The molecule has 1 heterocycles. The standard InChI is InChI=1S/C14H20N2O2/c1-3-15-6-8-16(9-7-15)14(18)13-5-4-12(17)10-11(13)2/h4-5,10,17H,3,6-9H2,1-2H3. The fraction of sp³-hybridized carbons (Fsp3) is 0.500. The third kappa shape index (κ3) is 2.64. The van der Waals surface area contributed by atoms with E-state index in [0.717, 1.165) is 38.3 Å². The van der Waals surface area contributed by atoms with Gasteiger partial charge in [0.25, 0.3) is 5.91 Å². The Balaban J connectivity index is 2.08. The minimum absolute atomic E-state index is 0.0725. The van der Waals surface area contributed by atoms with Crippen LogP contribution in [0.15, 0.2) is 18.2 Å². The van der Waals surface area contributed by atoms with Crippen LogP contribution in [0.1, 0.15) is 22.8 Å². The Morgan fingerprint density at radius 1 is 1.28 bits per heavy atom. The van der Waals surface area contributed by atoms with Gasteiger partial charge in [-0.15, -0.1) is 0 Å². The van der Waals surface area contributed by atoms with E-state index in [1.165, 1.54) is 0 Å². The van der Waals surface area contributed by atoms with Crippen molar-refractivity contribution in [3.05, 3.63) is 29.3 Å². The highest BCUT2D eigenvalue weighted by Gasteiger charge is 2.22. The Kier molecular flexibility index (Phi) is 3.87. The normalized spacial score (nSPS) is 16.9. The molecule has 0 aliphatic carbocycles. The number of phenols is 1. The molecule has 0 aromatic heterocycles.